The molecule has 2 heterocycles. The first-order chi connectivity index (χ1) is 9.78. The number of rotatable bonds is 4. The van der Waals surface area contributed by atoms with Gasteiger partial charge in [0.05, 0.1) is 43.3 Å². The number of hydrogen-bond acceptors (Lipinski definition) is 4. The highest BCUT2D eigenvalue weighted by molar-refractivity contribution is 5.74. The number of nitrogens with zero attached hydrogens (tertiary/aromatic N) is 3. The quantitative estimate of drug-likeness (QED) is 0.788. The highest BCUT2D eigenvalue weighted by Gasteiger charge is 2.11. The molecule has 0 amide bonds. The summed E-state index contributed by atoms with van der Waals surface area (Å²) in [5.74, 6) is 0.636. The van der Waals surface area contributed by atoms with E-state index in [4.69, 9.17) is 4.74 Å². The number of pyridine rings is 1. The number of imidazole rings is 1. The lowest BCUT2D eigenvalue weighted by molar-refractivity contribution is 0.157. The van der Waals surface area contributed by atoms with Crippen LogP contribution in [0.5, 0.6) is 5.75 Å². The maximum Gasteiger partial charge on any atom is 0.137 e. The molecule has 5 nitrogen and oxygen atoms in total. The number of benzene rings is 1. The van der Waals surface area contributed by atoms with E-state index in [9.17, 15) is 5.11 Å². The zero-order valence-corrected chi connectivity index (χ0v) is 11.1. The van der Waals surface area contributed by atoms with E-state index in [1.54, 1.807) is 31.9 Å². The van der Waals surface area contributed by atoms with E-state index in [-0.39, 0.29) is 0 Å². The van der Waals surface area contributed by atoms with Crippen LogP contribution in [0.3, 0.4) is 0 Å². The summed E-state index contributed by atoms with van der Waals surface area (Å²) in [5, 5.41) is 10.3. The molecule has 1 N–H and O–H groups in total. The number of hydrogen-bond donors (Lipinski definition) is 1. The monoisotopic (exact) mass is 269 g/mol. The summed E-state index contributed by atoms with van der Waals surface area (Å²) in [6.07, 6.45) is 4.34. The molecule has 0 aliphatic heterocycles. The summed E-state index contributed by atoms with van der Waals surface area (Å²) in [6, 6.07) is 9.63. The molecule has 1 aromatic carbocycles. The second kappa shape index (κ2) is 5.30. The van der Waals surface area contributed by atoms with Crippen LogP contribution >= 0.6 is 0 Å². The fraction of sp³-hybridized carbons (Fsp3) is 0.200. The average molecular weight is 269 g/mol. The number of ether oxygens (including phenoxy) is 1. The molecule has 0 aliphatic rings. The zero-order chi connectivity index (χ0) is 13.9. The van der Waals surface area contributed by atoms with Crippen molar-refractivity contribution in [1.29, 1.82) is 0 Å². The molecule has 2 aromatic heterocycles. The van der Waals surface area contributed by atoms with Gasteiger partial charge in [0.1, 0.15) is 5.75 Å². The van der Waals surface area contributed by atoms with Crippen LogP contribution in [0.2, 0.25) is 0 Å². The molecule has 1 atom stereocenters. The van der Waals surface area contributed by atoms with Gasteiger partial charge in [0.15, 0.2) is 0 Å². The smallest absolute Gasteiger partial charge is 0.137 e. The van der Waals surface area contributed by atoms with Crippen molar-refractivity contribution in [2.24, 2.45) is 0 Å². The van der Waals surface area contributed by atoms with Crippen LogP contribution in [0.4, 0.5) is 0 Å². The lowest BCUT2D eigenvalue weighted by atomic mass is 10.1. The van der Waals surface area contributed by atoms with Crippen LogP contribution in [-0.2, 0) is 6.54 Å². The number of aliphatic hydroxyl groups is 1. The minimum Gasteiger partial charge on any atom is -0.495 e. The molecule has 0 spiro atoms. The van der Waals surface area contributed by atoms with Gasteiger partial charge in [0.25, 0.3) is 0 Å². The Balaban J connectivity index is 1.86. The van der Waals surface area contributed by atoms with Crippen molar-refractivity contribution in [3.63, 3.8) is 0 Å². The molecular weight excluding hydrogens is 254 g/mol. The molecule has 3 aromatic rings. The van der Waals surface area contributed by atoms with Gasteiger partial charge in [0.2, 0.25) is 0 Å². The van der Waals surface area contributed by atoms with Crippen LogP contribution in [0.25, 0.3) is 11.0 Å². The van der Waals surface area contributed by atoms with Crippen molar-refractivity contribution in [2.45, 2.75) is 12.6 Å². The molecule has 20 heavy (non-hydrogen) atoms. The van der Waals surface area contributed by atoms with Gasteiger partial charge in [-0.3, -0.25) is 4.98 Å². The standard InChI is InChI=1S/C15H15N3O2/c1-20-12-6-11(7-16-8-12)15(19)9-18-10-17-13-4-2-3-5-14(13)18/h2-8,10,15,19H,9H2,1H3. The highest BCUT2D eigenvalue weighted by atomic mass is 16.5. The molecule has 0 radical (unpaired) electrons. The van der Waals surface area contributed by atoms with Gasteiger partial charge in [-0.2, -0.15) is 0 Å². The van der Waals surface area contributed by atoms with Crippen molar-refractivity contribution >= 4 is 11.0 Å². The molecule has 5 heteroatoms. The molecule has 0 fully saturated rings. The van der Waals surface area contributed by atoms with Crippen molar-refractivity contribution in [3.8, 4) is 5.75 Å². The van der Waals surface area contributed by atoms with E-state index in [0.717, 1.165) is 16.6 Å². The minimum absolute atomic E-state index is 0.426. The third-order valence-electron chi connectivity index (χ3n) is 3.25. The molecular formula is C15H15N3O2. The van der Waals surface area contributed by atoms with E-state index in [2.05, 4.69) is 9.97 Å². The summed E-state index contributed by atoms with van der Waals surface area (Å²) in [7, 11) is 1.58. The normalized spacial score (nSPS) is 12.5. The van der Waals surface area contributed by atoms with Gasteiger partial charge in [-0.1, -0.05) is 12.1 Å². The molecule has 3 rings (SSSR count). The largest absolute Gasteiger partial charge is 0.495 e. The summed E-state index contributed by atoms with van der Waals surface area (Å²) < 4.78 is 7.05. The topological polar surface area (TPSA) is 60.2 Å². The maximum atomic E-state index is 10.3. The second-order valence-corrected chi connectivity index (χ2v) is 4.56. The van der Waals surface area contributed by atoms with Crippen molar-refractivity contribution in [3.05, 3.63) is 54.6 Å². The highest BCUT2D eigenvalue weighted by Crippen LogP contribution is 2.21. The summed E-state index contributed by atoms with van der Waals surface area (Å²) in [4.78, 5) is 8.37. The van der Waals surface area contributed by atoms with E-state index in [1.165, 1.54) is 0 Å². The second-order valence-electron chi connectivity index (χ2n) is 4.56. The first-order valence-electron chi connectivity index (χ1n) is 6.35. The van der Waals surface area contributed by atoms with Crippen LogP contribution in [0, 0.1) is 0 Å². The van der Waals surface area contributed by atoms with E-state index >= 15 is 0 Å². The van der Waals surface area contributed by atoms with E-state index in [0.29, 0.717) is 12.3 Å². The molecule has 0 bridgehead atoms. The van der Waals surface area contributed by atoms with Gasteiger partial charge < -0.3 is 14.4 Å². The number of aromatic nitrogens is 3. The van der Waals surface area contributed by atoms with Crippen molar-refractivity contribution < 1.29 is 9.84 Å². The molecule has 102 valence electrons. The Labute approximate surface area is 116 Å². The van der Waals surface area contributed by atoms with Crippen molar-refractivity contribution in [2.75, 3.05) is 7.11 Å². The van der Waals surface area contributed by atoms with E-state index in [1.807, 2.05) is 28.8 Å². The molecule has 0 saturated heterocycles. The fourth-order valence-electron chi connectivity index (χ4n) is 2.18. The lowest BCUT2D eigenvalue weighted by Crippen LogP contribution is -2.08. The summed E-state index contributed by atoms with van der Waals surface area (Å²) >= 11 is 0. The SMILES string of the molecule is COc1cncc(C(O)Cn2cnc3ccccc32)c1. The third-order valence-corrected chi connectivity index (χ3v) is 3.25. The van der Waals surface area contributed by atoms with Crippen LogP contribution in [-0.4, -0.2) is 26.8 Å². The van der Waals surface area contributed by atoms with Gasteiger partial charge in [-0.05, 0) is 18.2 Å². The molecule has 0 aliphatic carbocycles. The summed E-state index contributed by atoms with van der Waals surface area (Å²) in [5.41, 5.74) is 2.65. The summed E-state index contributed by atoms with van der Waals surface area (Å²) in [6.45, 7) is 0.426. The Morgan fingerprint density at radius 2 is 2.15 bits per heavy atom. The lowest BCUT2D eigenvalue weighted by Gasteiger charge is -2.13. The van der Waals surface area contributed by atoms with Gasteiger partial charge in [0, 0.05) is 11.8 Å². The average Bonchev–Trinajstić information content (AvgIpc) is 2.90. The Bertz CT molecular complexity index is 724. The minimum atomic E-state index is -0.657. The zero-order valence-electron chi connectivity index (χ0n) is 11.1. The molecule has 0 saturated carbocycles. The Morgan fingerprint density at radius 1 is 1.30 bits per heavy atom. The first kappa shape index (κ1) is 12.6. The fourth-order valence-corrected chi connectivity index (χ4v) is 2.18. The van der Waals surface area contributed by atoms with Crippen molar-refractivity contribution in [1.82, 2.24) is 14.5 Å². The predicted octanol–water partition coefficient (Wildman–Crippen LogP) is 2.17. The Morgan fingerprint density at radius 3 is 3.00 bits per heavy atom. The van der Waals surface area contributed by atoms with E-state index < -0.39 is 6.10 Å². The Hall–Kier alpha value is -2.40. The number of aliphatic hydroxyl groups excluding tert-OH is 1. The third kappa shape index (κ3) is 2.35. The van der Waals surface area contributed by atoms with Gasteiger partial charge in [-0.25, -0.2) is 4.98 Å². The Kier molecular flexibility index (Phi) is 3.35. The van der Waals surface area contributed by atoms with Crippen LogP contribution in [0.15, 0.2) is 49.1 Å². The van der Waals surface area contributed by atoms with Gasteiger partial charge in [-0.15, -0.1) is 0 Å². The predicted molar refractivity (Wildman–Crippen MR) is 75.5 cm³/mol. The number of fused-ring (bicyclic) bond motifs is 1. The number of para-hydroxylation sites is 2. The maximum absolute atomic E-state index is 10.3. The van der Waals surface area contributed by atoms with Gasteiger partial charge >= 0.3 is 0 Å². The number of methoxy groups -OCH3 is 1. The van der Waals surface area contributed by atoms with Crippen LogP contribution in [0.1, 0.15) is 11.7 Å². The molecule has 1 unspecified atom stereocenters. The first-order valence-corrected chi connectivity index (χ1v) is 6.35. The van der Waals surface area contributed by atoms with Crippen LogP contribution < -0.4 is 4.74 Å².